The lowest BCUT2D eigenvalue weighted by molar-refractivity contribution is -0.134. The van der Waals surface area contributed by atoms with E-state index in [1.165, 1.54) is 10.6 Å². The van der Waals surface area contributed by atoms with Crippen LogP contribution in [0.4, 0.5) is 0 Å². The molecule has 1 saturated carbocycles. The summed E-state index contributed by atoms with van der Waals surface area (Å²) in [5.41, 5.74) is 2.32. The summed E-state index contributed by atoms with van der Waals surface area (Å²) in [6.07, 6.45) is 5.85. The van der Waals surface area contributed by atoms with Gasteiger partial charge in [-0.15, -0.1) is 0 Å². The molecule has 6 rings (SSSR count). The molecular weight excluding hydrogens is 494 g/mol. The molecule has 2 atom stereocenters. The Bertz CT molecular complexity index is 1600. The van der Waals surface area contributed by atoms with Crippen LogP contribution in [0.2, 0.25) is 0 Å². The minimum Gasteiger partial charge on any atom is -0.361 e. The van der Waals surface area contributed by atoms with Gasteiger partial charge >= 0.3 is 0 Å². The van der Waals surface area contributed by atoms with E-state index in [0.29, 0.717) is 36.3 Å². The Balaban J connectivity index is 1.18. The number of nitrogens with one attached hydrogen (secondary N) is 3. The van der Waals surface area contributed by atoms with E-state index in [-0.39, 0.29) is 35.2 Å². The summed E-state index contributed by atoms with van der Waals surface area (Å²) in [5.74, 6) is -0.327. The maximum absolute atomic E-state index is 13.2. The number of pyridine rings is 1. The number of carbonyl (C=O) groups is 3. The third kappa shape index (κ3) is 5.20. The number of piperidine rings is 1. The normalized spacial score (nSPS) is 19.0. The molecule has 0 bridgehead atoms. The second kappa shape index (κ2) is 10.2. The average Bonchev–Trinajstić information content (AvgIpc) is 3.70. The zero-order chi connectivity index (χ0) is 26.9. The zero-order valence-electron chi connectivity index (χ0n) is 21.3. The number of hydrogen-bond acceptors (Lipinski definition) is 4. The maximum atomic E-state index is 13.2. The second-order valence-electron chi connectivity index (χ2n) is 10.2. The first kappa shape index (κ1) is 24.7. The predicted octanol–water partition coefficient (Wildman–Crippen LogP) is 2.86. The molecule has 3 amide bonds. The first-order chi connectivity index (χ1) is 19.0. The van der Waals surface area contributed by atoms with E-state index in [4.69, 9.17) is 0 Å². The molecule has 0 unspecified atom stereocenters. The van der Waals surface area contributed by atoms with Crippen molar-refractivity contribution in [1.82, 2.24) is 25.1 Å². The van der Waals surface area contributed by atoms with E-state index < -0.39 is 6.04 Å². The van der Waals surface area contributed by atoms with Crippen LogP contribution in [0.1, 0.15) is 40.0 Å². The van der Waals surface area contributed by atoms with E-state index in [1.807, 2.05) is 23.2 Å². The van der Waals surface area contributed by atoms with Crippen LogP contribution in [-0.2, 0) is 4.79 Å². The van der Waals surface area contributed by atoms with Gasteiger partial charge in [-0.05, 0) is 73.2 Å². The Morgan fingerprint density at radius 3 is 2.33 bits per heavy atom. The molecule has 9 nitrogen and oxygen atoms in total. The van der Waals surface area contributed by atoms with Gasteiger partial charge in [0.15, 0.2) is 0 Å². The quantitative estimate of drug-likeness (QED) is 0.360. The molecule has 39 heavy (non-hydrogen) atoms. The minimum absolute atomic E-state index is 0.0819. The van der Waals surface area contributed by atoms with Gasteiger partial charge in [-0.1, -0.05) is 12.1 Å². The van der Waals surface area contributed by atoms with Crippen LogP contribution in [0.5, 0.6) is 0 Å². The molecule has 198 valence electrons. The largest absolute Gasteiger partial charge is 0.361 e. The summed E-state index contributed by atoms with van der Waals surface area (Å²) < 4.78 is 1.50. The number of amides is 3. The number of likely N-dealkylation sites (tertiary alicyclic amines) is 1. The van der Waals surface area contributed by atoms with Crippen LogP contribution >= 0.6 is 0 Å². The molecule has 4 aromatic rings. The highest BCUT2D eigenvalue weighted by Gasteiger charge is 2.39. The topological polar surface area (TPSA) is 116 Å². The highest BCUT2D eigenvalue weighted by Crippen LogP contribution is 2.32. The zero-order valence-corrected chi connectivity index (χ0v) is 21.3. The summed E-state index contributed by atoms with van der Waals surface area (Å²) in [6.45, 7) is 0.865. The lowest BCUT2D eigenvalue weighted by atomic mass is 9.97. The summed E-state index contributed by atoms with van der Waals surface area (Å²) in [7, 11) is 0. The fourth-order valence-corrected chi connectivity index (χ4v) is 5.17. The summed E-state index contributed by atoms with van der Waals surface area (Å²) in [6, 6.07) is 18.3. The lowest BCUT2D eigenvalue weighted by Crippen LogP contribution is -2.61. The molecule has 0 spiro atoms. The van der Waals surface area contributed by atoms with Gasteiger partial charge in [0.25, 0.3) is 17.4 Å². The van der Waals surface area contributed by atoms with E-state index in [0.717, 1.165) is 23.7 Å². The molecule has 0 radical (unpaired) electrons. The number of H-pyrrole nitrogens is 1. The first-order valence-corrected chi connectivity index (χ1v) is 13.2. The second-order valence-corrected chi connectivity index (χ2v) is 10.2. The Morgan fingerprint density at radius 2 is 1.56 bits per heavy atom. The smallest absolute Gasteiger partial charge is 0.255 e. The van der Waals surface area contributed by atoms with E-state index in [9.17, 15) is 19.2 Å². The summed E-state index contributed by atoms with van der Waals surface area (Å²) in [5, 5.41) is 7.17. The van der Waals surface area contributed by atoms with E-state index >= 15 is 0 Å². The third-order valence-electron chi connectivity index (χ3n) is 7.53. The summed E-state index contributed by atoms with van der Waals surface area (Å²) in [4.78, 5) is 56.3. The van der Waals surface area contributed by atoms with E-state index in [1.54, 1.807) is 54.7 Å². The Labute approximate surface area is 224 Å². The third-order valence-corrected chi connectivity index (χ3v) is 7.53. The maximum Gasteiger partial charge on any atom is 0.255 e. The van der Waals surface area contributed by atoms with Gasteiger partial charge in [0.2, 0.25) is 5.91 Å². The van der Waals surface area contributed by atoms with Crippen LogP contribution in [-0.4, -0.2) is 57.3 Å². The standard InChI is InChI=1S/C30H29N5O4/c36-27-3-1-2-15-35(27)23-10-8-20(9-11-23)28(37)32-24-13-16-34(30(39)21-5-6-21)18-26(24)33-29(38)22-7-4-19-12-14-31-25(19)17-22/h1-4,7-12,14-15,17,21,24,26,31H,5-6,13,16,18H2,(H,32,37)(H,33,38)/t24-,26+/m0/s1. The van der Waals surface area contributed by atoms with Crippen molar-refractivity contribution in [2.24, 2.45) is 5.92 Å². The van der Waals surface area contributed by atoms with Gasteiger partial charge in [-0.2, -0.15) is 0 Å². The predicted molar refractivity (Wildman–Crippen MR) is 147 cm³/mol. The van der Waals surface area contributed by atoms with Crippen molar-refractivity contribution in [1.29, 1.82) is 0 Å². The number of carbonyl (C=O) groups excluding carboxylic acids is 3. The monoisotopic (exact) mass is 523 g/mol. The average molecular weight is 524 g/mol. The molecule has 2 aromatic heterocycles. The molecule has 1 aliphatic carbocycles. The number of hydrogen-bond donors (Lipinski definition) is 3. The minimum atomic E-state index is -0.445. The number of nitrogens with zero attached hydrogens (tertiary/aromatic N) is 2. The molecule has 2 aromatic carbocycles. The van der Waals surface area contributed by atoms with Gasteiger partial charge in [-0.25, -0.2) is 0 Å². The Morgan fingerprint density at radius 1 is 0.821 bits per heavy atom. The molecule has 1 aliphatic heterocycles. The molecule has 9 heteroatoms. The van der Waals surface area contributed by atoms with Crippen LogP contribution in [0.25, 0.3) is 16.6 Å². The van der Waals surface area contributed by atoms with Crippen molar-refractivity contribution in [3.05, 3.63) is 101 Å². The number of aromatic nitrogens is 2. The SMILES string of the molecule is O=C(N[C@H]1CCN(C(=O)C2CC2)C[C@H]1NC(=O)c1ccc2cc[nH]c2c1)c1ccc(-n2ccccc2=O)cc1. The van der Waals surface area contributed by atoms with Crippen molar-refractivity contribution in [2.75, 3.05) is 13.1 Å². The van der Waals surface area contributed by atoms with Gasteiger partial charge in [0, 0.05) is 59.8 Å². The number of rotatable bonds is 6. The van der Waals surface area contributed by atoms with Crippen molar-refractivity contribution in [3.8, 4) is 5.69 Å². The van der Waals surface area contributed by atoms with Gasteiger partial charge in [0.1, 0.15) is 0 Å². The van der Waals surface area contributed by atoms with Crippen molar-refractivity contribution in [3.63, 3.8) is 0 Å². The van der Waals surface area contributed by atoms with Crippen LogP contribution < -0.4 is 16.2 Å². The number of aromatic amines is 1. The summed E-state index contributed by atoms with van der Waals surface area (Å²) >= 11 is 0. The molecule has 1 saturated heterocycles. The fourth-order valence-electron chi connectivity index (χ4n) is 5.17. The van der Waals surface area contributed by atoms with Crippen LogP contribution in [0, 0.1) is 5.92 Å². The van der Waals surface area contributed by atoms with Crippen LogP contribution in [0.3, 0.4) is 0 Å². The fraction of sp³-hybridized carbons (Fsp3) is 0.267. The van der Waals surface area contributed by atoms with Gasteiger partial charge in [-0.3, -0.25) is 23.7 Å². The lowest BCUT2D eigenvalue weighted by Gasteiger charge is -2.39. The Hall–Kier alpha value is -4.66. The highest BCUT2D eigenvalue weighted by atomic mass is 16.2. The Kier molecular flexibility index (Phi) is 6.48. The first-order valence-electron chi connectivity index (χ1n) is 13.2. The number of fused-ring (bicyclic) bond motifs is 1. The number of benzene rings is 2. The van der Waals surface area contributed by atoms with E-state index in [2.05, 4.69) is 15.6 Å². The highest BCUT2D eigenvalue weighted by molar-refractivity contribution is 5.98. The van der Waals surface area contributed by atoms with Gasteiger partial charge < -0.3 is 20.5 Å². The molecule has 2 aliphatic rings. The van der Waals surface area contributed by atoms with Crippen molar-refractivity contribution >= 4 is 28.6 Å². The molecule has 2 fully saturated rings. The molecule has 3 N–H and O–H groups in total. The van der Waals surface area contributed by atoms with Gasteiger partial charge in [0.05, 0.1) is 12.1 Å². The van der Waals surface area contributed by atoms with Crippen molar-refractivity contribution < 1.29 is 14.4 Å². The van der Waals surface area contributed by atoms with Crippen LogP contribution in [0.15, 0.2) is 83.9 Å². The molecular formula is C30H29N5O4. The van der Waals surface area contributed by atoms with Crippen molar-refractivity contribution in [2.45, 2.75) is 31.3 Å². The molecule has 3 heterocycles.